The fourth-order valence-electron chi connectivity index (χ4n) is 4.02. The summed E-state index contributed by atoms with van der Waals surface area (Å²) in [5.41, 5.74) is 1.88. The van der Waals surface area contributed by atoms with Gasteiger partial charge in [-0.25, -0.2) is 0 Å². The molecule has 1 aliphatic heterocycles. The molecule has 28 heavy (non-hydrogen) atoms. The third kappa shape index (κ3) is 5.53. The van der Waals surface area contributed by atoms with Gasteiger partial charge in [0.25, 0.3) is 0 Å². The van der Waals surface area contributed by atoms with Crippen LogP contribution >= 0.6 is 11.6 Å². The third-order valence-electron chi connectivity index (χ3n) is 5.40. The van der Waals surface area contributed by atoms with Gasteiger partial charge in [0.2, 0.25) is 5.91 Å². The SMILES string of the molecule is CN(CC(=O)N1CCCC(CO)(Cc2cccc(Cl)c2)C1)Cc1cccnc1. The molecule has 0 spiro atoms. The minimum atomic E-state index is -0.305. The van der Waals surface area contributed by atoms with Crippen molar-refractivity contribution >= 4 is 17.5 Å². The van der Waals surface area contributed by atoms with Crippen molar-refractivity contribution in [2.45, 2.75) is 25.8 Å². The van der Waals surface area contributed by atoms with Crippen LogP contribution in [-0.2, 0) is 17.8 Å². The van der Waals surface area contributed by atoms with Gasteiger partial charge < -0.3 is 10.0 Å². The van der Waals surface area contributed by atoms with Crippen molar-refractivity contribution in [3.63, 3.8) is 0 Å². The van der Waals surface area contributed by atoms with Crippen molar-refractivity contribution in [3.05, 3.63) is 64.9 Å². The zero-order chi connectivity index (χ0) is 20.0. The number of hydrogen-bond acceptors (Lipinski definition) is 4. The molecule has 1 atom stereocenters. The molecule has 2 heterocycles. The van der Waals surface area contributed by atoms with Gasteiger partial charge in [-0.3, -0.25) is 14.7 Å². The van der Waals surface area contributed by atoms with Gasteiger partial charge in [-0.05, 0) is 55.6 Å². The summed E-state index contributed by atoms with van der Waals surface area (Å²) >= 11 is 6.12. The number of aliphatic hydroxyl groups excluding tert-OH is 1. The lowest BCUT2D eigenvalue weighted by molar-refractivity contribution is -0.136. The van der Waals surface area contributed by atoms with Crippen LogP contribution in [0.4, 0.5) is 0 Å². The number of hydrogen-bond donors (Lipinski definition) is 1. The first kappa shape index (κ1) is 20.8. The van der Waals surface area contributed by atoms with Crippen LogP contribution in [0.1, 0.15) is 24.0 Å². The average Bonchev–Trinajstić information content (AvgIpc) is 2.69. The monoisotopic (exact) mass is 401 g/mol. The third-order valence-corrected chi connectivity index (χ3v) is 5.63. The van der Waals surface area contributed by atoms with Crippen LogP contribution in [0.25, 0.3) is 0 Å². The van der Waals surface area contributed by atoms with E-state index in [0.29, 0.717) is 24.7 Å². The number of aromatic nitrogens is 1. The van der Waals surface area contributed by atoms with Gasteiger partial charge in [0.15, 0.2) is 0 Å². The molecule has 0 aliphatic carbocycles. The van der Waals surface area contributed by atoms with E-state index in [1.807, 2.05) is 59.4 Å². The lowest BCUT2D eigenvalue weighted by Gasteiger charge is -2.42. The number of carbonyl (C=O) groups excluding carboxylic acids is 1. The molecule has 0 saturated carbocycles. The van der Waals surface area contributed by atoms with Gasteiger partial charge in [-0.1, -0.05) is 29.8 Å². The van der Waals surface area contributed by atoms with E-state index >= 15 is 0 Å². The van der Waals surface area contributed by atoms with Crippen LogP contribution in [-0.4, -0.2) is 59.1 Å². The van der Waals surface area contributed by atoms with E-state index in [0.717, 1.165) is 36.9 Å². The molecule has 1 aromatic carbocycles. The number of benzene rings is 1. The van der Waals surface area contributed by atoms with E-state index in [1.54, 1.807) is 6.20 Å². The molecule has 1 N–H and O–H groups in total. The van der Waals surface area contributed by atoms with E-state index in [2.05, 4.69) is 4.98 Å². The molecular formula is C22H28ClN3O2. The van der Waals surface area contributed by atoms with Crippen molar-refractivity contribution in [1.82, 2.24) is 14.8 Å². The number of halogens is 1. The Morgan fingerprint density at radius 1 is 1.32 bits per heavy atom. The van der Waals surface area contributed by atoms with Crippen LogP contribution in [0.3, 0.4) is 0 Å². The highest BCUT2D eigenvalue weighted by atomic mass is 35.5. The predicted molar refractivity (Wildman–Crippen MR) is 111 cm³/mol. The molecular weight excluding hydrogens is 374 g/mol. The molecule has 150 valence electrons. The maximum Gasteiger partial charge on any atom is 0.236 e. The number of likely N-dealkylation sites (tertiary alicyclic amines) is 1. The second kappa shape index (κ2) is 9.50. The fourth-order valence-corrected chi connectivity index (χ4v) is 4.23. The van der Waals surface area contributed by atoms with Gasteiger partial charge in [0.05, 0.1) is 13.2 Å². The average molecular weight is 402 g/mol. The van der Waals surface area contributed by atoms with Crippen molar-refractivity contribution in [2.75, 3.05) is 33.3 Å². The van der Waals surface area contributed by atoms with Gasteiger partial charge in [-0.2, -0.15) is 0 Å². The highest BCUT2D eigenvalue weighted by molar-refractivity contribution is 6.30. The van der Waals surface area contributed by atoms with Gasteiger partial charge in [0.1, 0.15) is 0 Å². The summed E-state index contributed by atoms with van der Waals surface area (Å²) in [5.74, 6) is 0.106. The van der Waals surface area contributed by atoms with E-state index in [4.69, 9.17) is 11.6 Å². The number of nitrogens with zero attached hydrogens (tertiary/aromatic N) is 3. The van der Waals surface area contributed by atoms with Crippen molar-refractivity contribution in [1.29, 1.82) is 0 Å². The smallest absolute Gasteiger partial charge is 0.236 e. The maximum atomic E-state index is 12.9. The highest BCUT2D eigenvalue weighted by Gasteiger charge is 2.37. The first-order valence-electron chi connectivity index (χ1n) is 9.70. The predicted octanol–water partition coefficient (Wildman–Crippen LogP) is 3.01. The first-order chi connectivity index (χ1) is 13.5. The van der Waals surface area contributed by atoms with E-state index in [1.165, 1.54) is 0 Å². The summed E-state index contributed by atoms with van der Waals surface area (Å²) in [6, 6.07) is 11.7. The minimum Gasteiger partial charge on any atom is -0.396 e. The summed E-state index contributed by atoms with van der Waals surface area (Å²) in [5, 5.41) is 10.9. The summed E-state index contributed by atoms with van der Waals surface area (Å²) in [6.07, 6.45) is 6.10. The quantitative estimate of drug-likeness (QED) is 0.774. The van der Waals surface area contributed by atoms with E-state index in [9.17, 15) is 9.90 Å². The zero-order valence-corrected chi connectivity index (χ0v) is 17.1. The van der Waals surface area contributed by atoms with Crippen LogP contribution in [0, 0.1) is 5.41 Å². The normalized spacial score (nSPS) is 19.8. The van der Waals surface area contributed by atoms with E-state index < -0.39 is 0 Å². The van der Waals surface area contributed by atoms with Gasteiger partial charge in [0, 0.05) is 42.5 Å². The molecule has 6 heteroatoms. The summed E-state index contributed by atoms with van der Waals surface area (Å²) in [6.45, 7) is 2.43. The largest absolute Gasteiger partial charge is 0.396 e. The van der Waals surface area contributed by atoms with Crippen molar-refractivity contribution < 1.29 is 9.90 Å². The standard InChI is InChI=1S/C22H28ClN3O2/c1-25(14-19-6-3-9-24-13-19)15-21(28)26-10-4-8-22(16-26,17-27)12-18-5-2-7-20(23)11-18/h2-3,5-7,9,11,13,27H,4,8,10,12,14-17H2,1H3. The molecule has 2 aromatic rings. The highest BCUT2D eigenvalue weighted by Crippen LogP contribution is 2.34. The molecule has 0 bridgehead atoms. The lowest BCUT2D eigenvalue weighted by Crippen LogP contribution is -2.51. The summed E-state index contributed by atoms with van der Waals surface area (Å²) in [4.78, 5) is 20.9. The molecule has 1 fully saturated rings. The van der Waals surface area contributed by atoms with Crippen molar-refractivity contribution in [2.24, 2.45) is 5.41 Å². The lowest BCUT2D eigenvalue weighted by atomic mass is 9.75. The summed E-state index contributed by atoms with van der Waals surface area (Å²) in [7, 11) is 1.94. The number of amides is 1. The first-order valence-corrected chi connectivity index (χ1v) is 10.1. The second-order valence-corrected chi connectivity index (χ2v) is 8.35. The van der Waals surface area contributed by atoms with Crippen LogP contribution in [0.2, 0.25) is 5.02 Å². The van der Waals surface area contributed by atoms with Crippen LogP contribution in [0.15, 0.2) is 48.8 Å². The topological polar surface area (TPSA) is 56.7 Å². The maximum absolute atomic E-state index is 12.9. The molecule has 5 nitrogen and oxygen atoms in total. The fraction of sp³-hybridized carbons (Fsp3) is 0.455. The molecule has 1 unspecified atom stereocenters. The van der Waals surface area contributed by atoms with Crippen molar-refractivity contribution in [3.8, 4) is 0 Å². The Labute approximate surface area is 171 Å². The Balaban J connectivity index is 1.61. The Hall–Kier alpha value is -1.95. The van der Waals surface area contributed by atoms with Crippen LogP contribution in [0.5, 0.6) is 0 Å². The Kier molecular flexibility index (Phi) is 7.05. The Morgan fingerprint density at radius 2 is 2.14 bits per heavy atom. The van der Waals surface area contributed by atoms with Crippen LogP contribution < -0.4 is 0 Å². The second-order valence-electron chi connectivity index (χ2n) is 7.92. The Morgan fingerprint density at radius 3 is 2.86 bits per heavy atom. The number of aliphatic hydroxyl groups is 1. The number of rotatable bonds is 7. The van der Waals surface area contributed by atoms with Gasteiger partial charge >= 0.3 is 0 Å². The molecule has 1 aliphatic rings. The number of pyridine rings is 1. The number of piperidine rings is 1. The molecule has 1 amide bonds. The minimum absolute atomic E-state index is 0.0643. The van der Waals surface area contributed by atoms with E-state index in [-0.39, 0.29) is 17.9 Å². The zero-order valence-electron chi connectivity index (χ0n) is 16.4. The molecule has 1 aromatic heterocycles. The summed E-state index contributed by atoms with van der Waals surface area (Å²) < 4.78 is 0. The Bertz CT molecular complexity index is 786. The molecule has 1 saturated heterocycles. The molecule has 0 radical (unpaired) electrons. The van der Waals surface area contributed by atoms with Gasteiger partial charge in [-0.15, -0.1) is 0 Å². The number of carbonyl (C=O) groups is 1. The number of likely N-dealkylation sites (N-methyl/N-ethyl adjacent to an activating group) is 1. The molecule has 3 rings (SSSR count).